The van der Waals surface area contributed by atoms with Gasteiger partial charge in [-0.3, -0.25) is 4.79 Å². The highest BCUT2D eigenvalue weighted by molar-refractivity contribution is 5.29. The maximum absolute atomic E-state index is 12.1. The van der Waals surface area contributed by atoms with Crippen LogP contribution in [0, 0.1) is 13.8 Å². The van der Waals surface area contributed by atoms with E-state index in [1.807, 2.05) is 26.8 Å². The lowest BCUT2D eigenvalue weighted by molar-refractivity contribution is 0.465. The number of rotatable bonds is 4. The average Bonchev–Trinajstić information content (AvgIpc) is 2.37. The van der Waals surface area contributed by atoms with Crippen molar-refractivity contribution in [3.8, 4) is 5.75 Å². The molecule has 2 rings (SSSR count). The van der Waals surface area contributed by atoms with Crippen molar-refractivity contribution in [2.24, 2.45) is 0 Å². The molecule has 21 heavy (non-hydrogen) atoms. The Hall–Kier alpha value is -2.14. The predicted octanol–water partition coefficient (Wildman–Crippen LogP) is 2.50. The molecular weight excluding hydrogens is 266 g/mol. The first kappa shape index (κ1) is 15.3. The van der Waals surface area contributed by atoms with Crippen LogP contribution in [-0.2, 0) is 0 Å². The lowest BCUT2D eigenvalue weighted by atomic mass is 10.0. The normalized spacial score (nSPS) is 13.9. The first-order valence-electron chi connectivity index (χ1n) is 7.01. The molecule has 0 aliphatic rings. The quantitative estimate of drug-likeness (QED) is 0.807. The van der Waals surface area contributed by atoms with Crippen molar-refractivity contribution < 1.29 is 5.11 Å². The minimum Gasteiger partial charge on any atom is -0.508 e. The zero-order valence-corrected chi connectivity index (χ0v) is 12.8. The molecular formula is C16H21N3O2. The third-order valence-corrected chi connectivity index (χ3v) is 3.57. The Kier molecular flexibility index (Phi) is 4.43. The lowest BCUT2D eigenvalue weighted by Crippen LogP contribution is -2.29. The summed E-state index contributed by atoms with van der Waals surface area (Å²) in [6.45, 7) is 7.55. The number of hydrogen-bond acceptors (Lipinski definition) is 4. The summed E-state index contributed by atoms with van der Waals surface area (Å²) >= 11 is 0. The van der Waals surface area contributed by atoms with Crippen molar-refractivity contribution >= 4 is 0 Å². The second-order valence-electron chi connectivity index (χ2n) is 5.36. The Bertz CT molecular complexity index is 694. The van der Waals surface area contributed by atoms with E-state index in [9.17, 15) is 9.90 Å². The molecule has 112 valence electrons. The van der Waals surface area contributed by atoms with Crippen LogP contribution in [0.25, 0.3) is 0 Å². The van der Waals surface area contributed by atoms with E-state index in [1.54, 1.807) is 25.1 Å². The van der Waals surface area contributed by atoms with Gasteiger partial charge in [-0.05, 0) is 45.4 Å². The minimum atomic E-state index is -0.140. The van der Waals surface area contributed by atoms with Crippen molar-refractivity contribution in [2.75, 3.05) is 0 Å². The molecule has 5 nitrogen and oxygen atoms in total. The predicted molar refractivity (Wildman–Crippen MR) is 82.4 cm³/mol. The van der Waals surface area contributed by atoms with Gasteiger partial charge in [0.15, 0.2) is 0 Å². The van der Waals surface area contributed by atoms with E-state index in [2.05, 4.69) is 15.3 Å². The maximum Gasteiger partial charge on any atom is 0.255 e. The first-order chi connectivity index (χ1) is 9.88. The van der Waals surface area contributed by atoms with Gasteiger partial charge in [0.2, 0.25) is 0 Å². The molecule has 0 saturated heterocycles. The van der Waals surface area contributed by atoms with Crippen LogP contribution in [-0.4, -0.2) is 15.1 Å². The van der Waals surface area contributed by atoms with Crippen LogP contribution in [0.1, 0.15) is 48.6 Å². The number of hydrogen-bond donors (Lipinski definition) is 3. The van der Waals surface area contributed by atoms with Gasteiger partial charge in [-0.25, -0.2) is 4.98 Å². The standard InChI is InChI=1S/C16H21N3O2/c1-9(13-6-5-7-14(20)8-13)17-10(2)15-11(3)18-12(4)19-16(15)21/h5-10,17,20H,1-4H3,(H,18,19,21). The van der Waals surface area contributed by atoms with Crippen molar-refractivity contribution in [1.82, 2.24) is 15.3 Å². The highest BCUT2D eigenvalue weighted by Gasteiger charge is 2.17. The van der Waals surface area contributed by atoms with E-state index in [0.29, 0.717) is 11.4 Å². The number of benzene rings is 1. The number of aryl methyl sites for hydroxylation is 2. The number of aromatic nitrogens is 2. The highest BCUT2D eigenvalue weighted by Crippen LogP contribution is 2.21. The van der Waals surface area contributed by atoms with Gasteiger partial charge < -0.3 is 15.4 Å². The van der Waals surface area contributed by atoms with Crippen LogP contribution < -0.4 is 10.9 Å². The summed E-state index contributed by atoms with van der Waals surface area (Å²) in [7, 11) is 0. The summed E-state index contributed by atoms with van der Waals surface area (Å²) in [4.78, 5) is 19.1. The fourth-order valence-corrected chi connectivity index (χ4v) is 2.59. The molecule has 0 aliphatic carbocycles. The van der Waals surface area contributed by atoms with Crippen molar-refractivity contribution in [3.63, 3.8) is 0 Å². The van der Waals surface area contributed by atoms with E-state index in [0.717, 1.165) is 11.3 Å². The number of H-pyrrole nitrogens is 1. The Morgan fingerprint density at radius 2 is 1.95 bits per heavy atom. The molecule has 0 amide bonds. The smallest absolute Gasteiger partial charge is 0.255 e. The fourth-order valence-electron chi connectivity index (χ4n) is 2.59. The van der Waals surface area contributed by atoms with E-state index in [-0.39, 0.29) is 23.4 Å². The molecule has 2 atom stereocenters. The van der Waals surface area contributed by atoms with Crippen LogP contribution in [0.2, 0.25) is 0 Å². The zero-order valence-electron chi connectivity index (χ0n) is 12.8. The van der Waals surface area contributed by atoms with Gasteiger partial charge in [-0.1, -0.05) is 12.1 Å². The summed E-state index contributed by atoms with van der Waals surface area (Å²) in [5.74, 6) is 0.856. The molecule has 0 bridgehead atoms. The van der Waals surface area contributed by atoms with Crippen molar-refractivity contribution in [2.45, 2.75) is 39.8 Å². The van der Waals surface area contributed by atoms with E-state index < -0.39 is 0 Å². The second kappa shape index (κ2) is 6.10. The molecule has 1 aromatic heterocycles. The summed E-state index contributed by atoms with van der Waals surface area (Å²) in [5, 5.41) is 12.9. The Morgan fingerprint density at radius 3 is 2.57 bits per heavy atom. The topological polar surface area (TPSA) is 78.0 Å². The third-order valence-electron chi connectivity index (χ3n) is 3.57. The molecule has 0 fully saturated rings. The first-order valence-corrected chi connectivity index (χ1v) is 7.01. The molecule has 3 N–H and O–H groups in total. The Balaban J connectivity index is 2.22. The third kappa shape index (κ3) is 3.49. The molecule has 0 radical (unpaired) electrons. The molecule has 2 aromatic rings. The summed E-state index contributed by atoms with van der Waals surface area (Å²) in [6, 6.07) is 6.97. The number of nitrogens with zero attached hydrogens (tertiary/aromatic N) is 1. The molecule has 0 spiro atoms. The number of phenolic OH excluding ortho intramolecular Hbond substituents is 1. The molecule has 1 aromatic carbocycles. The molecule has 1 heterocycles. The van der Waals surface area contributed by atoms with Crippen LogP contribution in [0.5, 0.6) is 5.75 Å². The highest BCUT2D eigenvalue weighted by atomic mass is 16.3. The minimum absolute atomic E-state index is 0.00667. The lowest BCUT2D eigenvalue weighted by Gasteiger charge is -2.21. The van der Waals surface area contributed by atoms with Crippen LogP contribution >= 0.6 is 0 Å². The summed E-state index contributed by atoms with van der Waals surface area (Å²) in [6.07, 6.45) is 0. The number of phenols is 1. The van der Waals surface area contributed by atoms with Gasteiger partial charge in [-0.2, -0.15) is 0 Å². The van der Waals surface area contributed by atoms with Gasteiger partial charge in [0.1, 0.15) is 11.6 Å². The van der Waals surface area contributed by atoms with E-state index in [4.69, 9.17) is 0 Å². The monoisotopic (exact) mass is 287 g/mol. The maximum atomic E-state index is 12.1. The Labute approximate surface area is 124 Å². The SMILES string of the molecule is Cc1nc(C)c(C(C)NC(C)c2cccc(O)c2)c(=O)[nH]1. The van der Waals surface area contributed by atoms with Gasteiger partial charge in [0.05, 0.1) is 5.56 Å². The molecule has 2 unspecified atom stereocenters. The van der Waals surface area contributed by atoms with Gasteiger partial charge in [-0.15, -0.1) is 0 Å². The number of nitrogens with one attached hydrogen (secondary N) is 2. The number of aromatic amines is 1. The summed E-state index contributed by atoms with van der Waals surface area (Å²) < 4.78 is 0. The van der Waals surface area contributed by atoms with E-state index >= 15 is 0 Å². The molecule has 0 aliphatic heterocycles. The van der Waals surface area contributed by atoms with Gasteiger partial charge in [0, 0.05) is 17.8 Å². The zero-order chi connectivity index (χ0) is 15.6. The van der Waals surface area contributed by atoms with Crippen LogP contribution in [0.15, 0.2) is 29.1 Å². The fraction of sp³-hybridized carbons (Fsp3) is 0.375. The van der Waals surface area contributed by atoms with Crippen molar-refractivity contribution in [1.29, 1.82) is 0 Å². The van der Waals surface area contributed by atoms with E-state index in [1.165, 1.54) is 0 Å². The summed E-state index contributed by atoms with van der Waals surface area (Å²) in [5.41, 5.74) is 2.24. The molecule has 5 heteroatoms. The average molecular weight is 287 g/mol. The van der Waals surface area contributed by atoms with Gasteiger partial charge in [0.25, 0.3) is 5.56 Å². The van der Waals surface area contributed by atoms with Gasteiger partial charge >= 0.3 is 0 Å². The number of aromatic hydroxyl groups is 1. The van der Waals surface area contributed by atoms with Crippen LogP contribution in [0.4, 0.5) is 0 Å². The van der Waals surface area contributed by atoms with Crippen molar-refractivity contribution in [3.05, 3.63) is 57.3 Å². The Morgan fingerprint density at radius 1 is 1.24 bits per heavy atom. The van der Waals surface area contributed by atoms with Crippen LogP contribution in [0.3, 0.4) is 0 Å². The molecule has 0 saturated carbocycles. The second-order valence-corrected chi connectivity index (χ2v) is 5.36. The largest absolute Gasteiger partial charge is 0.508 e.